The number of hydrogen-bond acceptors (Lipinski definition) is 5. The zero-order valence-electron chi connectivity index (χ0n) is 20.6. The molecule has 0 saturated carbocycles. The van der Waals surface area contributed by atoms with Crippen LogP contribution in [0.1, 0.15) is 18.1 Å². The number of nitrogens with one attached hydrogen (secondary N) is 1. The highest BCUT2D eigenvalue weighted by Crippen LogP contribution is 2.23. The van der Waals surface area contributed by atoms with Crippen LogP contribution in [0.3, 0.4) is 0 Å². The van der Waals surface area contributed by atoms with E-state index in [2.05, 4.69) is 26.5 Å². The Bertz CT molecular complexity index is 1440. The number of halogens is 1. The summed E-state index contributed by atoms with van der Waals surface area (Å²) in [6.45, 7) is 1.64. The van der Waals surface area contributed by atoms with E-state index in [0.717, 1.165) is 21.2 Å². The SMILES string of the molecule is C[C@H](Oc1ccc(-c2ccccc2)cc1)C(=O)N/N=C\c1cc(Br)ccc1OC(=O)/C=C/c1ccccc1. The first kappa shape index (κ1) is 26.6. The molecule has 0 heterocycles. The van der Waals surface area contributed by atoms with Gasteiger partial charge in [-0.05, 0) is 60.0 Å². The summed E-state index contributed by atoms with van der Waals surface area (Å²) in [7, 11) is 0. The second kappa shape index (κ2) is 13.2. The minimum absolute atomic E-state index is 0.303. The maximum Gasteiger partial charge on any atom is 0.336 e. The quantitative estimate of drug-likeness (QED) is 0.0805. The summed E-state index contributed by atoms with van der Waals surface area (Å²) in [6, 6.07) is 32.1. The van der Waals surface area contributed by atoms with Crippen molar-refractivity contribution in [2.45, 2.75) is 13.0 Å². The van der Waals surface area contributed by atoms with E-state index in [4.69, 9.17) is 9.47 Å². The largest absolute Gasteiger partial charge is 0.481 e. The Kier molecular flexibility index (Phi) is 9.21. The number of benzene rings is 4. The van der Waals surface area contributed by atoms with Crippen LogP contribution in [0.4, 0.5) is 0 Å². The van der Waals surface area contributed by atoms with Crippen LogP contribution in [0.25, 0.3) is 17.2 Å². The van der Waals surface area contributed by atoms with Gasteiger partial charge in [0.25, 0.3) is 5.91 Å². The first-order valence-corrected chi connectivity index (χ1v) is 12.7. The molecule has 4 aromatic rings. The van der Waals surface area contributed by atoms with E-state index in [-0.39, 0.29) is 0 Å². The van der Waals surface area contributed by atoms with Crippen molar-refractivity contribution in [1.82, 2.24) is 5.43 Å². The van der Waals surface area contributed by atoms with E-state index < -0.39 is 18.0 Å². The Morgan fingerprint density at radius 3 is 2.24 bits per heavy atom. The highest BCUT2D eigenvalue weighted by molar-refractivity contribution is 9.10. The first-order chi connectivity index (χ1) is 18.5. The molecule has 1 atom stereocenters. The second-order valence-corrected chi connectivity index (χ2v) is 9.15. The molecule has 0 saturated heterocycles. The number of carbonyl (C=O) groups excluding carboxylic acids is 2. The number of esters is 1. The average molecular weight is 569 g/mol. The predicted molar refractivity (Wildman–Crippen MR) is 153 cm³/mol. The third-order valence-electron chi connectivity index (χ3n) is 5.42. The highest BCUT2D eigenvalue weighted by atomic mass is 79.9. The summed E-state index contributed by atoms with van der Waals surface area (Å²) in [5.74, 6) is -0.0827. The molecule has 0 unspecified atom stereocenters. The van der Waals surface area contributed by atoms with E-state index in [0.29, 0.717) is 17.1 Å². The van der Waals surface area contributed by atoms with Crippen LogP contribution in [-0.4, -0.2) is 24.2 Å². The zero-order valence-corrected chi connectivity index (χ0v) is 22.2. The third-order valence-corrected chi connectivity index (χ3v) is 5.91. The van der Waals surface area contributed by atoms with Gasteiger partial charge in [0, 0.05) is 16.1 Å². The van der Waals surface area contributed by atoms with Gasteiger partial charge in [0.1, 0.15) is 11.5 Å². The number of rotatable bonds is 9. The molecule has 4 rings (SSSR count). The monoisotopic (exact) mass is 568 g/mol. The molecule has 0 spiro atoms. The Morgan fingerprint density at radius 1 is 0.868 bits per heavy atom. The van der Waals surface area contributed by atoms with E-state index in [1.54, 1.807) is 31.2 Å². The summed E-state index contributed by atoms with van der Waals surface area (Å²) in [6.07, 6.45) is 3.66. The Labute approximate surface area is 229 Å². The molecule has 4 aromatic carbocycles. The van der Waals surface area contributed by atoms with Crippen LogP contribution in [0.15, 0.2) is 119 Å². The molecule has 0 aliphatic carbocycles. The molecule has 38 heavy (non-hydrogen) atoms. The van der Waals surface area contributed by atoms with Crippen LogP contribution in [-0.2, 0) is 9.59 Å². The molecule has 6 nitrogen and oxygen atoms in total. The van der Waals surface area contributed by atoms with Crippen LogP contribution >= 0.6 is 15.9 Å². The molecule has 0 aromatic heterocycles. The lowest BCUT2D eigenvalue weighted by atomic mass is 10.1. The van der Waals surface area contributed by atoms with Gasteiger partial charge in [-0.3, -0.25) is 4.79 Å². The lowest BCUT2D eigenvalue weighted by Gasteiger charge is -2.13. The fraction of sp³-hybridized carbons (Fsp3) is 0.0645. The van der Waals surface area contributed by atoms with Gasteiger partial charge in [-0.15, -0.1) is 0 Å². The van der Waals surface area contributed by atoms with Crippen molar-refractivity contribution < 1.29 is 19.1 Å². The number of hydrogen-bond donors (Lipinski definition) is 1. The van der Waals surface area contributed by atoms with Gasteiger partial charge >= 0.3 is 5.97 Å². The van der Waals surface area contributed by atoms with Gasteiger partial charge in [0.2, 0.25) is 0 Å². The molecule has 1 N–H and O–H groups in total. The maximum atomic E-state index is 12.5. The van der Waals surface area contributed by atoms with Gasteiger partial charge in [0.05, 0.1) is 6.21 Å². The van der Waals surface area contributed by atoms with E-state index >= 15 is 0 Å². The van der Waals surface area contributed by atoms with Crippen molar-refractivity contribution in [3.63, 3.8) is 0 Å². The molecule has 1 amide bonds. The minimum Gasteiger partial charge on any atom is -0.481 e. The lowest BCUT2D eigenvalue weighted by Crippen LogP contribution is -2.33. The fourth-order valence-electron chi connectivity index (χ4n) is 3.45. The van der Waals surface area contributed by atoms with Gasteiger partial charge < -0.3 is 9.47 Å². The Hall–Kier alpha value is -4.49. The lowest BCUT2D eigenvalue weighted by molar-refractivity contribution is -0.129. The summed E-state index contributed by atoms with van der Waals surface area (Å²) < 4.78 is 12.0. The summed E-state index contributed by atoms with van der Waals surface area (Å²) in [5, 5.41) is 4.03. The number of carbonyl (C=O) groups is 2. The summed E-state index contributed by atoms with van der Waals surface area (Å²) >= 11 is 3.40. The van der Waals surface area contributed by atoms with Gasteiger partial charge in [0.15, 0.2) is 6.10 Å². The normalized spacial score (nSPS) is 11.8. The first-order valence-electron chi connectivity index (χ1n) is 11.9. The summed E-state index contributed by atoms with van der Waals surface area (Å²) in [4.78, 5) is 24.8. The van der Waals surface area contributed by atoms with E-state index in [1.807, 2.05) is 84.9 Å². The molecule has 0 radical (unpaired) electrons. The minimum atomic E-state index is -0.780. The maximum absolute atomic E-state index is 12.5. The smallest absolute Gasteiger partial charge is 0.336 e. The van der Waals surface area contributed by atoms with Crippen molar-refractivity contribution in [2.75, 3.05) is 0 Å². The highest BCUT2D eigenvalue weighted by Gasteiger charge is 2.14. The van der Waals surface area contributed by atoms with E-state index in [9.17, 15) is 9.59 Å². The van der Waals surface area contributed by atoms with Gasteiger partial charge in [-0.2, -0.15) is 5.10 Å². The van der Waals surface area contributed by atoms with Gasteiger partial charge in [-0.1, -0.05) is 88.7 Å². The fourth-order valence-corrected chi connectivity index (χ4v) is 3.83. The molecule has 0 fully saturated rings. The van der Waals surface area contributed by atoms with Crippen molar-refractivity contribution in [3.05, 3.63) is 125 Å². The average Bonchev–Trinajstić information content (AvgIpc) is 2.94. The molecule has 0 bridgehead atoms. The number of hydrazone groups is 1. The van der Waals surface area contributed by atoms with Crippen molar-refractivity contribution in [3.8, 4) is 22.6 Å². The standard InChI is InChI=1S/C31H25BrN2O4/c1-22(37-28-16-13-25(14-17-28)24-10-6-3-7-11-24)31(36)34-33-21-26-20-27(32)15-18-29(26)38-30(35)19-12-23-8-4-2-5-9-23/h2-22H,1H3,(H,34,36)/b19-12+,33-21-/t22-/m0/s1. The number of ether oxygens (including phenoxy) is 2. The molecule has 0 aliphatic heterocycles. The van der Waals surface area contributed by atoms with Crippen molar-refractivity contribution in [2.24, 2.45) is 5.10 Å². The molecular formula is C31H25BrN2O4. The number of nitrogens with zero attached hydrogens (tertiary/aromatic N) is 1. The zero-order chi connectivity index (χ0) is 26.7. The molecular weight excluding hydrogens is 544 g/mol. The number of amides is 1. The molecule has 0 aliphatic rings. The van der Waals surface area contributed by atoms with Crippen LogP contribution in [0.5, 0.6) is 11.5 Å². The van der Waals surface area contributed by atoms with Crippen molar-refractivity contribution >= 4 is 40.1 Å². The Morgan fingerprint density at radius 2 is 1.53 bits per heavy atom. The van der Waals surface area contributed by atoms with Crippen LogP contribution in [0, 0.1) is 0 Å². The topological polar surface area (TPSA) is 77.0 Å². The van der Waals surface area contributed by atoms with Crippen LogP contribution in [0.2, 0.25) is 0 Å². The van der Waals surface area contributed by atoms with E-state index in [1.165, 1.54) is 12.3 Å². The van der Waals surface area contributed by atoms with Crippen LogP contribution < -0.4 is 14.9 Å². The van der Waals surface area contributed by atoms with Gasteiger partial charge in [-0.25, -0.2) is 10.2 Å². The van der Waals surface area contributed by atoms with Crippen molar-refractivity contribution in [1.29, 1.82) is 0 Å². The predicted octanol–water partition coefficient (Wildman–Crippen LogP) is 6.65. The molecule has 190 valence electrons. The second-order valence-electron chi connectivity index (χ2n) is 8.23. The third kappa shape index (κ3) is 7.75. The summed E-state index contributed by atoms with van der Waals surface area (Å²) in [5.41, 5.74) is 6.02. The Balaban J connectivity index is 1.34. The molecule has 7 heteroatoms.